The highest BCUT2D eigenvalue weighted by atomic mass is 15.1. The molecule has 1 rings (SSSR count). The fourth-order valence-electron chi connectivity index (χ4n) is 2.09. The Hall–Kier alpha value is -1.44. The fourth-order valence-corrected chi connectivity index (χ4v) is 2.09. The monoisotopic (exact) mass is 260 g/mol. The minimum absolute atomic E-state index is 0.111. The normalized spacial score (nSPS) is 11.6. The Morgan fingerprint density at radius 2 is 2.21 bits per heavy atom. The van der Waals surface area contributed by atoms with E-state index in [1.54, 1.807) is 6.20 Å². The van der Waals surface area contributed by atoms with E-state index in [1.165, 1.54) is 0 Å². The van der Waals surface area contributed by atoms with Crippen molar-refractivity contribution in [2.24, 2.45) is 11.1 Å². The molecule has 19 heavy (non-hydrogen) atoms. The van der Waals surface area contributed by atoms with E-state index in [-0.39, 0.29) is 5.41 Å². The third-order valence-electron chi connectivity index (χ3n) is 3.09. The average Bonchev–Trinajstić information content (AvgIpc) is 2.39. The zero-order chi connectivity index (χ0) is 14.3. The molecule has 0 saturated carbocycles. The van der Waals surface area contributed by atoms with Gasteiger partial charge in [0.1, 0.15) is 11.8 Å². The van der Waals surface area contributed by atoms with Crippen molar-refractivity contribution >= 4 is 0 Å². The van der Waals surface area contributed by atoms with Crippen LogP contribution in [0.3, 0.4) is 0 Å². The molecule has 0 fully saturated rings. The molecule has 104 valence electrons. The van der Waals surface area contributed by atoms with Crippen molar-refractivity contribution < 1.29 is 0 Å². The van der Waals surface area contributed by atoms with Gasteiger partial charge in [-0.2, -0.15) is 5.26 Å². The number of nitrogens with two attached hydrogens (primary N) is 1. The van der Waals surface area contributed by atoms with Crippen LogP contribution in [0.15, 0.2) is 18.3 Å². The summed E-state index contributed by atoms with van der Waals surface area (Å²) in [7, 11) is 0. The second-order valence-electron chi connectivity index (χ2n) is 5.74. The Kier molecular flexibility index (Phi) is 5.94. The molecule has 0 aliphatic heterocycles. The molecule has 1 aromatic heterocycles. The Balaban J connectivity index is 2.75. The van der Waals surface area contributed by atoms with E-state index in [9.17, 15) is 0 Å². The zero-order valence-corrected chi connectivity index (χ0v) is 12.2. The van der Waals surface area contributed by atoms with Gasteiger partial charge >= 0.3 is 0 Å². The highest BCUT2D eigenvalue weighted by Crippen LogP contribution is 2.17. The molecule has 0 spiro atoms. The molecule has 1 heterocycles. The standard InChI is InChI=1S/C15H24N4/c1-4-7-19(12-15(2,3)11-17)10-13-5-6-18-14(8-13)9-16/h5-6,8H,4,7,10-12,17H2,1-3H3. The molecule has 4 heteroatoms. The minimum atomic E-state index is 0.111. The number of rotatable bonds is 7. The van der Waals surface area contributed by atoms with Crippen LogP contribution in [-0.4, -0.2) is 29.5 Å². The van der Waals surface area contributed by atoms with Crippen molar-refractivity contribution in [3.8, 4) is 6.07 Å². The van der Waals surface area contributed by atoms with Gasteiger partial charge in [0.05, 0.1) is 0 Å². The van der Waals surface area contributed by atoms with Gasteiger partial charge in [0.25, 0.3) is 0 Å². The quantitative estimate of drug-likeness (QED) is 0.815. The lowest BCUT2D eigenvalue weighted by atomic mass is 9.93. The summed E-state index contributed by atoms with van der Waals surface area (Å²) in [5, 5.41) is 8.88. The average molecular weight is 260 g/mol. The molecule has 0 amide bonds. The maximum absolute atomic E-state index is 8.88. The van der Waals surface area contributed by atoms with E-state index >= 15 is 0 Å². The van der Waals surface area contributed by atoms with Crippen LogP contribution in [0.25, 0.3) is 0 Å². The van der Waals surface area contributed by atoms with Gasteiger partial charge in [0.15, 0.2) is 0 Å². The second-order valence-corrected chi connectivity index (χ2v) is 5.74. The molecule has 0 unspecified atom stereocenters. The highest BCUT2D eigenvalue weighted by molar-refractivity contribution is 5.25. The second kappa shape index (κ2) is 7.22. The topological polar surface area (TPSA) is 65.9 Å². The molecular weight excluding hydrogens is 236 g/mol. The largest absolute Gasteiger partial charge is 0.330 e. The Bertz CT molecular complexity index is 434. The lowest BCUT2D eigenvalue weighted by molar-refractivity contribution is 0.176. The zero-order valence-electron chi connectivity index (χ0n) is 12.2. The van der Waals surface area contributed by atoms with Gasteiger partial charge in [-0.25, -0.2) is 4.98 Å². The van der Waals surface area contributed by atoms with Crippen molar-refractivity contribution in [3.05, 3.63) is 29.6 Å². The van der Waals surface area contributed by atoms with E-state index in [4.69, 9.17) is 11.0 Å². The Morgan fingerprint density at radius 1 is 1.47 bits per heavy atom. The van der Waals surface area contributed by atoms with Crippen LogP contribution in [-0.2, 0) is 6.54 Å². The minimum Gasteiger partial charge on any atom is -0.330 e. The maximum atomic E-state index is 8.88. The Labute approximate surface area is 116 Å². The number of nitrogens with zero attached hydrogens (tertiary/aromatic N) is 3. The summed E-state index contributed by atoms with van der Waals surface area (Å²) in [6.07, 6.45) is 2.81. The molecule has 2 N–H and O–H groups in total. The van der Waals surface area contributed by atoms with E-state index in [1.807, 2.05) is 12.1 Å². The van der Waals surface area contributed by atoms with Gasteiger partial charge in [0, 0.05) is 19.3 Å². The first-order chi connectivity index (χ1) is 9.00. The third-order valence-corrected chi connectivity index (χ3v) is 3.09. The smallest absolute Gasteiger partial charge is 0.140 e. The fraction of sp³-hybridized carbons (Fsp3) is 0.600. The molecule has 0 aromatic carbocycles. The molecular formula is C15H24N4. The number of pyridine rings is 1. The van der Waals surface area contributed by atoms with Gasteiger partial charge in [-0.15, -0.1) is 0 Å². The van der Waals surface area contributed by atoms with Crippen molar-refractivity contribution in [1.82, 2.24) is 9.88 Å². The SMILES string of the molecule is CCCN(Cc1ccnc(C#N)c1)CC(C)(C)CN. The maximum Gasteiger partial charge on any atom is 0.140 e. The number of hydrogen-bond acceptors (Lipinski definition) is 4. The molecule has 1 aromatic rings. The predicted molar refractivity (Wildman–Crippen MR) is 77.4 cm³/mol. The van der Waals surface area contributed by atoms with Gasteiger partial charge < -0.3 is 5.73 Å². The summed E-state index contributed by atoms with van der Waals surface area (Å²) < 4.78 is 0. The molecule has 4 nitrogen and oxygen atoms in total. The number of aromatic nitrogens is 1. The van der Waals surface area contributed by atoms with Gasteiger partial charge in [0.2, 0.25) is 0 Å². The van der Waals surface area contributed by atoms with Crippen LogP contribution in [0, 0.1) is 16.7 Å². The van der Waals surface area contributed by atoms with Crippen molar-refractivity contribution in [3.63, 3.8) is 0 Å². The van der Waals surface area contributed by atoms with E-state index < -0.39 is 0 Å². The first kappa shape index (κ1) is 15.6. The van der Waals surface area contributed by atoms with E-state index in [0.29, 0.717) is 12.2 Å². The summed E-state index contributed by atoms with van der Waals surface area (Å²) in [4.78, 5) is 6.39. The lowest BCUT2D eigenvalue weighted by Gasteiger charge is -2.31. The van der Waals surface area contributed by atoms with Crippen LogP contribution < -0.4 is 5.73 Å². The molecule has 0 saturated heterocycles. The molecule has 0 aliphatic rings. The van der Waals surface area contributed by atoms with Crippen LogP contribution in [0.5, 0.6) is 0 Å². The lowest BCUT2D eigenvalue weighted by Crippen LogP contribution is -2.38. The summed E-state index contributed by atoms with van der Waals surface area (Å²) in [6, 6.07) is 5.91. The van der Waals surface area contributed by atoms with Crippen LogP contribution >= 0.6 is 0 Å². The summed E-state index contributed by atoms with van der Waals surface area (Å²) in [6.45, 7) is 10.1. The van der Waals surface area contributed by atoms with Crippen LogP contribution in [0.1, 0.15) is 38.4 Å². The summed E-state index contributed by atoms with van der Waals surface area (Å²) in [5.41, 5.74) is 7.53. The van der Waals surface area contributed by atoms with Gasteiger partial charge in [-0.3, -0.25) is 4.90 Å². The predicted octanol–water partition coefficient (Wildman–Crippen LogP) is 2.15. The van der Waals surface area contributed by atoms with E-state index in [2.05, 4.69) is 36.7 Å². The van der Waals surface area contributed by atoms with Gasteiger partial charge in [-0.1, -0.05) is 20.8 Å². The number of hydrogen-bond donors (Lipinski definition) is 1. The van der Waals surface area contributed by atoms with Crippen LogP contribution in [0.2, 0.25) is 0 Å². The summed E-state index contributed by atoms with van der Waals surface area (Å²) in [5.74, 6) is 0. The first-order valence-electron chi connectivity index (χ1n) is 6.78. The summed E-state index contributed by atoms with van der Waals surface area (Å²) >= 11 is 0. The third kappa shape index (κ3) is 5.37. The van der Waals surface area contributed by atoms with Gasteiger partial charge in [-0.05, 0) is 42.6 Å². The van der Waals surface area contributed by atoms with Crippen molar-refractivity contribution in [2.75, 3.05) is 19.6 Å². The molecule has 0 radical (unpaired) electrons. The van der Waals surface area contributed by atoms with Crippen molar-refractivity contribution in [1.29, 1.82) is 5.26 Å². The Morgan fingerprint density at radius 3 is 2.79 bits per heavy atom. The molecule has 0 bridgehead atoms. The van der Waals surface area contributed by atoms with Crippen molar-refractivity contribution in [2.45, 2.75) is 33.7 Å². The highest BCUT2D eigenvalue weighted by Gasteiger charge is 2.20. The first-order valence-corrected chi connectivity index (χ1v) is 6.78. The van der Waals surface area contributed by atoms with E-state index in [0.717, 1.165) is 31.6 Å². The number of nitriles is 1. The molecule has 0 atom stereocenters. The molecule has 0 aliphatic carbocycles. The van der Waals surface area contributed by atoms with Crippen LogP contribution in [0.4, 0.5) is 0 Å².